The number of carbonyl (C=O) groups is 1. The van der Waals surface area contributed by atoms with Gasteiger partial charge in [-0.3, -0.25) is 4.79 Å². The maximum atomic E-state index is 12.4. The molecule has 0 aromatic heterocycles. The summed E-state index contributed by atoms with van der Waals surface area (Å²) in [6, 6.07) is 15.4. The van der Waals surface area contributed by atoms with E-state index in [2.05, 4.69) is 19.2 Å². The van der Waals surface area contributed by atoms with E-state index in [0.717, 1.165) is 16.9 Å². The van der Waals surface area contributed by atoms with E-state index in [1.807, 2.05) is 48.5 Å². The van der Waals surface area contributed by atoms with E-state index in [4.69, 9.17) is 16.3 Å². The number of nitrogens with one attached hydrogen (secondary N) is 1. The number of hydrogen-bond donors (Lipinski definition) is 1. The molecule has 3 nitrogen and oxygen atoms in total. The number of ether oxygens (including phenoxy) is 1. The van der Waals surface area contributed by atoms with Crippen LogP contribution < -0.4 is 10.1 Å². The lowest BCUT2D eigenvalue weighted by Gasteiger charge is -2.23. The van der Waals surface area contributed by atoms with Gasteiger partial charge in [0.2, 0.25) is 5.91 Å². The van der Waals surface area contributed by atoms with Gasteiger partial charge in [-0.1, -0.05) is 55.8 Å². The summed E-state index contributed by atoms with van der Waals surface area (Å²) >= 11 is 5.95. The maximum Gasteiger partial charge on any atom is 0.220 e. The maximum absolute atomic E-state index is 12.4. The van der Waals surface area contributed by atoms with Crippen LogP contribution in [0.15, 0.2) is 48.5 Å². The number of halogens is 1. The van der Waals surface area contributed by atoms with E-state index in [1.165, 1.54) is 0 Å². The molecule has 0 heterocycles. The van der Waals surface area contributed by atoms with E-state index in [0.29, 0.717) is 23.8 Å². The van der Waals surface area contributed by atoms with Gasteiger partial charge in [0.25, 0.3) is 0 Å². The van der Waals surface area contributed by atoms with Gasteiger partial charge >= 0.3 is 0 Å². The van der Waals surface area contributed by atoms with Crippen molar-refractivity contribution < 1.29 is 9.53 Å². The SMILES string of the molecule is COc1ccccc1CCC(=O)NC(c1ccc(Cl)cc1)C(C)C. The zero-order chi connectivity index (χ0) is 17.5. The summed E-state index contributed by atoms with van der Waals surface area (Å²) in [6.07, 6.45) is 1.08. The fourth-order valence-corrected chi connectivity index (χ4v) is 2.83. The molecule has 0 aliphatic rings. The lowest BCUT2D eigenvalue weighted by atomic mass is 9.95. The van der Waals surface area contributed by atoms with E-state index >= 15 is 0 Å². The largest absolute Gasteiger partial charge is 0.496 e. The molecule has 0 aliphatic carbocycles. The Morgan fingerprint density at radius 3 is 2.42 bits per heavy atom. The molecule has 0 spiro atoms. The van der Waals surface area contributed by atoms with Crippen molar-refractivity contribution in [3.63, 3.8) is 0 Å². The summed E-state index contributed by atoms with van der Waals surface area (Å²) in [6.45, 7) is 4.19. The molecular weight excluding hydrogens is 322 g/mol. The molecule has 1 unspecified atom stereocenters. The van der Waals surface area contributed by atoms with Crippen LogP contribution in [0.2, 0.25) is 5.02 Å². The van der Waals surface area contributed by atoms with Gasteiger partial charge in [-0.2, -0.15) is 0 Å². The normalized spacial score (nSPS) is 12.0. The zero-order valence-corrected chi connectivity index (χ0v) is 15.1. The summed E-state index contributed by atoms with van der Waals surface area (Å²) in [5, 5.41) is 3.84. The first-order valence-corrected chi connectivity index (χ1v) is 8.55. The molecule has 0 saturated heterocycles. The zero-order valence-electron chi connectivity index (χ0n) is 14.4. The smallest absolute Gasteiger partial charge is 0.220 e. The Morgan fingerprint density at radius 2 is 1.79 bits per heavy atom. The van der Waals surface area contributed by atoms with Gasteiger partial charge in [0.05, 0.1) is 13.2 Å². The molecule has 2 rings (SSSR count). The van der Waals surface area contributed by atoms with Crippen LogP contribution in [0.5, 0.6) is 5.75 Å². The second kappa shape index (κ2) is 8.74. The molecule has 0 fully saturated rings. The quantitative estimate of drug-likeness (QED) is 0.783. The number of hydrogen-bond acceptors (Lipinski definition) is 2. The minimum atomic E-state index is -0.0209. The van der Waals surface area contributed by atoms with Gasteiger partial charge < -0.3 is 10.1 Å². The highest BCUT2D eigenvalue weighted by Gasteiger charge is 2.18. The average Bonchev–Trinajstić information content (AvgIpc) is 2.58. The van der Waals surface area contributed by atoms with E-state index in [9.17, 15) is 4.79 Å². The van der Waals surface area contributed by atoms with E-state index < -0.39 is 0 Å². The molecule has 2 aromatic rings. The molecule has 1 atom stereocenters. The van der Waals surface area contributed by atoms with Crippen LogP contribution in [0, 0.1) is 5.92 Å². The lowest BCUT2D eigenvalue weighted by Crippen LogP contribution is -2.31. The number of benzene rings is 2. The van der Waals surface area contributed by atoms with Crippen molar-refractivity contribution in [2.24, 2.45) is 5.92 Å². The number of rotatable bonds is 7. The van der Waals surface area contributed by atoms with Gasteiger partial charge in [-0.05, 0) is 41.7 Å². The second-order valence-electron chi connectivity index (χ2n) is 6.15. The van der Waals surface area contributed by atoms with Crippen molar-refractivity contribution in [1.29, 1.82) is 0 Å². The Bertz CT molecular complexity index is 668. The molecule has 0 radical (unpaired) electrons. The molecule has 128 valence electrons. The predicted octanol–water partition coefficient (Wildman–Crippen LogP) is 4.79. The monoisotopic (exact) mass is 345 g/mol. The summed E-state index contributed by atoms with van der Waals surface area (Å²) in [5.41, 5.74) is 2.11. The number of aryl methyl sites for hydroxylation is 1. The minimum Gasteiger partial charge on any atom is -0.496 e. The van der Waals surface area contributed by atoms with Crippen LogP contribution in [-0.2, 0) is 11.2 Å². The van der Waals surface area contributed by atoms with Crippen molar-refractivity contribution >= 4 is 17.5 Å². The van der Waals surface area contributed by atoms with Crippen molar-refractivity contribution in [2.75, 3.05) is 7.11 Å². The van der Waals surface area contributed by atoms with Crippen LogP contribution in [0.4, 0.5) is 0 Å². The molecule has 0 bridgehead atoms. The number of methoxy groups -OCH3 is 1. The van der Waals surface area contributed by atoms with E-state index in [-0.39, 0.29) is 11.9 Å². The number of carbonyl (C=O) groups excluding carboxylic acids is 1. The topological polar surface area (TPSA) is 38.3 Å². The molecule has 0 saturated carbocycles. The highest BCUT2D eigenvalue weighted by Crippen LogP contribution is 2.24. The molecule has 1 N–H and O–H groups in total. The van der Waals surface area contributed by atoms with E-state index in [1.54, 1.807) is 7.11 Å². The first-order valence-electron chi connectivity index (χ1n) is 8.18. The Morgan fingerprint density at radius 1 is 1.12 bits per heavy atom. The lowest BCUT2D eigenvalue weighted by molar-refractivity contribution is -0.122. The minimum absolute atomic E-state index is 0.0209. The predicted molar refractivity (Wildman–Crippen MR) is 98.5 cm³/mol. The molecule has 1 amide bonds. The summed E-state index contributed by atoms with van der Waals surface area (Å²) in [5.74, 6) is 1.15. The molecule has 24 heavy (non-hydrogen) atoms. The molecular formula is C20H24ClNO2. The van der Waals surface area contributed by atoms with Crippen LogP contribution in [-0.4, -0.2) is 13.0 Å². The number of amides is 1. The van der Waals surface area contributed by atoms with Crippen LogP contribution in [0.3, 0.4) is 0 Å². The third-order valence-electron chi connectivity index (χ3n) is 4.03. The summed E-state index contributed by atoms with van der Waals surface area (Å²) < 4.78 is 5.33. The van der Waals surface area contributed by atoms with Crippen LogP contribution in [0.25, 0.3) is 0 Å². The highest BCUT2D eigenvalue weighted by molar-refractivity contribution is 6.30. The third-order valence-corrected chi connectivity index (χ3v) is 4.28. The van der Waals surface area contributed by atoms with Crippen molar-refractivity contribution in [3.8, 4) is 5.75 Å². The van der Waals surface area contributed by atoms with Crippen molar-refractivity contribution in [3.05, 3.63) is 64.7 Å². The highest BCUT2D eigenvalue weighted by atomic mass is 35.5. The molecule has 0 aliphatic heterocycles. The Hall–Kier alpha value is -2.00. The third kappa shape index (κ3) is 5.00. The van der Waals surface area contributed by atoms with Gasteiger partial charge in [0.15, 0.2) is 0 Å². The summed E-state index contributed by atoms with van der Waals surface area (Å²) in [4.78, 5) is 12.4. The Labute approximate surface area is 149 Å². The van der Waals surface area contributed by atoms with Gasteiger partial charge in [-0.25, -0.2) is 0 Å². The standard InChI is InChI=1S/C20H24ClNO2/c1-14(2)20(16-8-11-17(21)12-9-16)22-19(23)13-10-15-6-4-5-7-18(15)24-3/h4-9,11-12,14,20H,10,13H2,1-3H3,(H,22,23). The average molecular weight is 346 g/mol. The fourth-order valence-electron chi connectivity index (χ4n) is 2.71. The van der Waals surface area contributed by atoms with Crippen molar-refractivity contribution in [2.45, 2.75) is 32.7 Å². The second-order valence-corrected chi connectivity index (χ2v) is 6.59. The molecule has 4 heteroatoms. The van der Waals surface area contributed by atoms with Crippen LogP contribution >= 0.6 is 11.6 Å². The fraction of sp³-hybridized carbons (Fsp3) is 0.350. The molecule has 2 aromatic carbocycles. The van der Waals surface area contributed by atoms with Gasteiger partial charge in [-0.15, -0.1) is 0 Å². The van der Waals surface area contributed by atoms with Gasteiger partial charge in [0.1, 0.15) is 5.75 Å². The first kappa shape index (κ1) is 18.3. The Kier molecular flexibility index (Phi) is 6.68. The van der Waals surface area contributed by atoms with Gasteiger partial charge in [0, 0.05) is 11.4 Å². The van der Waals surface area contributed by atoms with Crippen molar-refractivity contribution in [1.82, 2.24) is 5.32 Å². The number of para-hydroxylation sites is 1. The summed E-state index contributed by atoms with van der Waals surface area (Å²) in [7, 11) is 1.65. The first-order chi connectivity index (χ1) is 11.5. The Balaban J connectivity index is 1.99. The van der Waals surface area contributed by atoms with Crippen LogP contribution in [0.1, 0.15) is 37.4 Å².